The number of methoxy groups -OCH3 is 2. The molecule has 0 aliphatic heterocycles. The first kappa shape index (κ1) is 18.6. The highest BCUT2D eigenvalue weighted by molar-refractivity contribution is 6.08. The lowest BCUT2D eigenvalue weighted by Gasteiger charge is -2.20. The van der Waals surface area contributed by atoms with E-state index in [-0.39, 0.29) is 5.78 Å². The summed E-state index contributed by atoms with van der Waals surface area (Å²) >= 11 is 0. The third kappa shape index (κ3) is 4.63. The van der Waals surface area contributed by atoms with Crippen molar-refractivity contribution in [3.8, 4) is 11.5 Å². The van der Waals surface area contributed by atoms with E-state index in [0.717, 1.165) is 18.7 Å². The zero-order chi connectivity index (χ0) is 18.2. The van der Waals surface area contributed by atoms with E-state index in [4.69, 9.17) is 9.47 Å². The number of carbonyl (C=O) groups is 1. The molecule has 0 bridgehead atoms. The van der Waals surface area contributed by atoms with Crippen molar-refractivity contribution in [2.24, 2.45) is 0 Å². The number of hydrogen-bond donors (Lipinski definition) is 0. The van der Waals surface area contributed by atoms with Crippen LogP contribution < -0.4 is 14.4 Å². The van der Waals surface area contributed by atoms with Crippen molar-refractivity contribution >= 4 is 17.5 Å². The molecular formula is C21H25NO3. The number of carbonyl (C=O) groups excluding carboxylic acids is 1. The summed E-state index contributed by atoms with van der Waals surface area (Å²) in [5.74, 6) is 1.04. The molecule has 2 aromatic rings. The van der Waals surface area contributed by atoms with E-state index in [0.29, 0.717) is 17.1 Å². The number of benzene rings is 2. The van der Waals surface area contributed by atoms with Crippen LogP contribution in [0.2, 0.25) is 0 Å². The molecule has 0 spiro atoms. The molecule has 0 aromatic heterocycles. The monoisotopic (exact) mass is 339 g/mol. The van der Waals surface area contributed by atoms with Crippen LogP contribution in [0.15, 0.2) is 48.5 Å². The van der Waals surface area contributed by atoms with Gasteiger partial charge in [-0.05, 0) is 55.8 Å². The van der Waals surface area contributed by atoms with Crippen LogP contribution in [-0.2, 0) is 0 Å². The summed E-state index contributed by atoms with van der Waals surface area (Å²) in [4.78, 5) is 14.8. The first-order valence-electron chi connectivity index (χ1n) is 8.42. The molecule has 0 unspecified atom stereocenters. The van der Waals surface area contributed by atoms with Gasteiger partial charge in [0, 0.05) is 18.8 Å². The Labute approximate surface area is 149 Å². The molecular weight excluding hydrogens is 314 g/mol. The Bertz CT molecular complexity index is 731. The lowest BCUT2D eigenvalue weighted by Crippen LogP contribution is -2.21. The van der Waals surface area contributed by atoms with Crippen molar-refractivity contribution in [3.63, 3.8) is 0 Å². The molecule has 0 amide bonds. The molecule has 4 nitrogen and oxygen atoms in total. The number of anilines is 1. The maximum atomic E-state index is 12.5. The summed E-state index contributed by atoms with van der Waals surface area (Å²) in [7, 11) is 3.12. The molecule has 2 aromatic carbocycles. The van der Waals surface area contributed by atoms with Crippen LogP contribution in [0.1, 0.15) is 29.8 Å². The second kappa shape index (κ2) is 8.92. The van der Waals surface area contributed by atoms with Gasteiger partial charge >= 0.3 is 0 Å². The SMILES string of the molecule is CCN(CC)c1ccc(/C=C/C(=O)c2cc(OC)ccc2OC)cc1. The van der Waals surface area contributed by atoms with Gasteiger partial charge in [0.25, 0.3) is 0 Å². The largest absolute Gasteiger partial charge is 0.497 e. The molecule has 0 aliphatic rings. The second-order valence-electron chi connectivity index (χ2n) is 5.53. The van der Waals surface area contributed by atoms with E-state index in [9.17, 15) is 4.79 Å². The molecule has 0 heterocycles. The van der Waals surface area contributed by atoms with Crippen LogP contribution >= 0.6 is 0 Å². The predicted molar refractivity (Wildman–Crippen MR) is 103 cm³/mol. The number of allylic oxidation sites excluding steroid dienone is 1. The maximum Gasteiger partial charge on any atom is 0.189 e. The summed E-state index contributed by atoms with van der Waals surface area (Å²) in [5, 5.41) is 0. The Hall–Kier alpha value is -2.75. The van der Waals surface area contributed by atoms with Crippen molar-refractivity contribution in [3.05, 3.63) is 59.7 Å². The molecule has 0 saturated carbocycles. The molecule has 0 aliphatic carbocycles. The van der Waals surface area contributed by atoms with Crippen molar-refractivity contribution in [2.75, 3.05) is 32.2 Å². The van der Waals surface area contributed by atoms with E-state index in [1.165, 1.54) is 5.69 Å². The van der Waals surface area contributed by atoms with Gasteiger partial charge in [0.15, 0.2) is 5.78 Å². The Morgan fingerprint density at radius 3 is 2.24 bits per heavy atom. The minimum atomic E-state index is -0.122. The van der Waals surface area contributed by atoms with Gasteiger partial charge in [-0.2, -0.15) is 0 Å². The quantitative estimate of drug-likeness (QED) is 0.526. The van der Waals surface area contributed by atoms with Crippen LogP contribution in [0.4, 0.5) is 5.69 Å². The normalized spacial score (nSPS) is 10.7. The highest BCUT2D eigenvalue weighted by atomic mass is 16.5. The van der Waals surface area contributed by atoms with E-state index in [2.05, 4.69) is 30.9 Å². The maximum absolute atomic E-state index is 12.5. The summed E-state index contributed by atoms with van der Waals surface area (Å²) in [6.45, 7) is 6.22. The second-order valence-corrected chi connectivity index (χ2v) is 5.53. The van der Waals surface area contributed by atoms with Crippen LogP contribution in [0, 0.1) is 0 Å². The third-order valence-electron chi connectivity index (χ3n) is 4.12. The van der Waals surface area contributed by atoms with Gasteiger partial charge in [-0.3, -0.25) is 4.79 Å². The number of ketones is 1. The number of nitrogens with zero attached hydrogens (tertiary/aromatic N) is 1. The molecule has 4 heteroatoms. The zero-order valence-corrected chi connectivity index (χ0v) is 15.3. The highest BCUT2D eigenvalue weighted by Gasteiger charge is 2.11. The minimum absolute atomic E-state index is 0.122. The fourth-order valence-corrected chi connectivity index (χ4v) is 2.65. The van der Waals surface area contributed by atoms with E-state index < -0.39 is 0 Å². The number of hydrogen-bond acceptors (Lipinski definition) is 4. The summed E-state index contributed by atoms with van der Waals surface area (Å²) in [5.41, 5.74) is 2.65. The van der Waals surface area contributed by atoms with Crippen molar-refractivity contribution < 1.29 is 14.3 Å². The topological polar surface area (TPSA) is 38.8 Å². The van der Waals surface area contributed by atoms with Gasteiger partial charge in [-0.1, -0.05) is 18.2 Å². The van der Waals surface area contributed by atoms with Gasteiger partial charge in [0.05, 0.1) is 19.8 Å². The molecule has 132 valence electrons. The highest BCUT2D eigenvalue weighted by Crippen LogP contribution is 2.25. The Kier molecular flexibility index (Phi) is 6.63. The lowest BCUT2D eigenvalue weighted by molar-refractivity contribution is 0.104. The molecule has 0 N–H and O–H groups in total. The van der Waals surface area contributed by atoms with Crippen molar-refractivity contribution in [1.29, 1.82) is 0 Å². The van der Waals surface area contributed by atoms with Gasteiger partial charge in [0.2, 0.25) is 0 Å². The summed E-state index contributed by atoms with van der Waals surface area (Å²) in [6, 6.07) is 13.4. The molecule has 2 rings (SSSR count). The molecule has 25 heavy (non-hydrogen) atoms. The Balaban J connectivity index is 2.17. The zero-order valence-electron chi connectivity index (χ0n) is 15.3. The first-order chi connectivity index (χ1) is 12.1. The minimum Gasteiger partial charge on any atom is -0.497 e. The first-order valence-corrected chi connectivity index (χ1v) is 8.42. The average molecular weight is 339 g/mol. The lowest BCUT2D eigenvalue weighted by atomic mass is 10.1. The number of ether oxygens (including phenoxy) is 2. The fraction of sp³-hybridized carbons (Fsp3) is 0.286. The average Bonchev–Trinajstić information content (AvgIpc) is 2.67. The summed E-state index contributed by atoms with van der Waals surface area (Å²) < 4.78 is 10.5. The number of rotatable bonds is 8. The van der Waals surface area contributed by atoms with Crippen LogP contribution in [-0.4, -0.2) is 33.1 Å². The van der Waals surface area contributed by atoms with E-state index in [1.807, 2.05) is 18.2 Å². The van der Waals surface area contributed by atoms with Gasteiger partial charge in [-0.15, -0.1) is 0 Å². The molecule has 0 radical (unpaired) electrons. The standard InChI is InChI=1S/C21H25NO3/c1-5-22(6-2)17-10-7-16(8-11-17)9-13-20(23)19-15-18(24-3)12-14-21(19)25-4/h7-15H,5-6H2,1-4H3/b13-9+. The van der Waals surface area contributed by atoms with Crippen LogP contribution in [0.5, 0.6) is 11.5 Å². The smallest absolute Gasteiger partial charge is 0.189 e. The molecule has 0 atom stereocenters. The van der Waals surface area contributed by atoms with E-state index in [1.54, 1.807) is 38.5 Å². The van der Waals surface area contributed by atoms with Gasteiger partial charge in [-0.25, -0.2) is 0 Å². The predicted octanol–water partition coefficient (Wildman–Crippen LogP) is 4.45. The van der Waals surface area contributed by atoms with Crippen LogP contribution in [0.3, 0.4) is 0 Å². The van der Waals surface area contributed by atoms with Crippen molar-refractivity contribution in [2.45, 2.75) is 13.8 Å². The Morgan fingerprint density at radius 1 is 1.00 bits per heavy atom. The van der Waals surface area contributed by atoms with Gasteiger partial charge < -0.3 is 14.4 Å². The molecule has 0 fully saturated rings. The van der Waals surface area contributed by atoms with Gasteiger partial charge in [0.1, 0.15) is 11.5 Å². The third-order valence-corrected chi connectivity index (χ3v) is 4.12. The Morgan fingerprint density at radius 2 is 1.68 bits per heavy atom. The van der Waals surface area contributed by atoms with E-state index >= 15 is 0 Å². The van der Waals surface area contributed by atoms with Crippen molar-refractivity contribution in [1.82, 2.24) is 0 Å². The van der Waals surface area contributed by atoms with Crippen LogP contribution in [0.25, 0.3) is 6.08 Å². The summed E-state index contributed by atoms with van der Waals surface area (Å²) in [6.07, 6.45) is 3.37. The fourth-order valence-electron chi connectivity index (χ4n) is 2.65. The molecule has 0 saturated heterocycles.